The van der Waals surface area contributed by atoms with Crippen molar-refractivity contribution >= 4 is 27.6 Å². The highest BCUT2D eigenvalue weighted by Gasteiger charge is 1.99. The third-order valence-corrected chi connectivity index (χ3v) is 2.71. The number of hydrogen-bond donors (Lipinski definition) is 2. The molecule has 0 bridgehead atoms. The minimum atomic E-state index is -0.971. The molecular formula is C10H10BrNO2. The zero-order valence-corrected chi connectivity index (χ0v) is 9.21. The molecule has 0 heterocycles. The number of nitrogens with one attached hydrogen (secondary N) is 1. The van der Waals surface area contributed by atoms with Gasteiger partial charge in [0.15, 0.2) is 0 Å². The molecule has 0 unspecified atom stereocenters. The van der Waals surface area contributed by atoms with Crippen molar-refractivity contribution in [2.75, 3.05) is 5.32 Å². The quantitative estimate of drug-likeness (QED) is 0.817. The molecule has 4 heteroatoms. The lowest BCUT2D eigenvalue weighted by molar-refractivity contribution is -0.131. The fourth-order valence-corrected chi connectivity index (χ4v) is 1.34. The molecule has 0 radical (unpaired) electrons. The van der Waals surface area contributed by atoms with Crippen LogP contribution in [0.2, 0.25) is 0 Å². The van der Waals surface area contributed by atoms with Gasteiger partial charge in [-0.1, -0.05) is 12.1 Å². The van der Waals surface area contributed by atoms with Crippen molar-refractivity contribution in [2.24, 2.45) is 0 Å². The third-order valence-electron chi connectivity index (χ3n) is 1.66. The van der Waals surface area contributed by atoms with E-state index in [1.54, 1.807) is 0 Å². The summed E-state index contributed by atoms with van der Waals surface area (Å²) in [6, 6.07) is 5.73. The maximum absolute atomic E-state index is 10.2. The molecule has 3 nitrogen and oxygen atoms in total. The molecule has 0 atom stereocenters. The lowest BCUT2D eigenvalue weighted by Gasteiger charge is -2.05. The van der Waals surface area contributed by atoms with Crippen molar-refractivity contribution in [1.29, 1.82) is 0 Å². The maximum atomic E-state index is 10.2. The Bertz CT molecular complexity index is 374. The summed E-state index contributed by atoms with van der Waals surface area (Å²) in [6.07, 6.45) is 2.44. The Morgan fingerprint density at radius 1 is 1.57 bits per heavy atom. The van der Waals surface area contributed by atoms with Crippen molar-refractivity contribution in [3.05, 3.63) is 40.5 Å². The molecule has 14 heavy (non-hydrogen) atoms. The Hall–Kier alpha value is -1.29. The van der Waals surface area contributed by atoms with E-state index in [1.165, 1.54) is 6.20 Å². The summed E-state index contributed by atoms with van der Waals surface area (Å²) in [5.74, 6) is -0.971. The normalized spacial score (nSPS) is 10.4. The molecule has 0 aliphatic rings. The van der Waals surface area contributed by atoms with Crippen LogP contribution in [-0.4, -0.2) is 11.1 Å². The van der Waals surface area contributed by atoms with Crippen LogP contribution in [0, 0.1) is 6.92 Å². The summed E-state index contributed by atoms with van der Waals surface area (Å²) in [7, 11) is 0. The number of anilines is 1. The Kier molecular flexibility index (Phi) is 3.71. The van der Waals surface area contributed by atoms with Crippen LogP contribution in [0.4, 0.5) is 5.69 Å². The first-order valence-electron chi connectivity index (χ1n) is 4.02. The maximum Gasteiger partial charge on any atom is 0.329 e. The fraction of sp³-hybridized carbons (Fsp3) is 0.100. The van der Waals surface area contributed by atoms with E-state index in [2.05, 4.69) is 21.2 Å². The van der Waals surface area contributed by atoms with E-state index in [0.717, 1.165) is 21.8 Å². The lowest BCUT2D eigenvalue weighted by Crippen LogP contribution is -1.93. The largest absolute Gasteiger partial charge is 0.478 e. The second-order valence-corrected chi connectivity index (χ2v) is 3.55. The molecular weight excluding hydrogens is 246 g/mol. The van der Waals surface area contributed by atoms with E-state index in [0.29, 0.717) is 0 Å². The summed E-state index contributed by atoms with van der Waals surface area (Å²) >= 11 is 3.40. The summed E-state index contributed by atoms with van der Waals surface area (Å²) in [6.45, 7) is 1.97. The highest BCUT2D eigenvalue weighted by molar-refractivity contribution is 9.10. The van der Waals surface area contributed by atoms with Gasteiger partial charge in [0.25, 0.3) is 0 Å². The molecule has 0 spiro atoms. The topological polar surface area (TPSA) is 49.3 Å². The van der Waals surface area contributed by atoms with E-state index >= 15 is 0 Å². The number of carbonyl (C=O) groups is 1. The van der Waals surface area contributed by atoms with Crippen LogP contribution in [0.3, 0.4) is 0 Å². The van der Waals surface area contributed by atoms with Gasteiger partial charge in [0.05, 0.1) is 5.69 Å². The monoisotopic (exact) mass is 255 g/mol. The minimum absolute atomic E-state index is 0.850. The number of carboxylic acids is 1. The first kappa shape index (κ1) is 10.8. The zero-order chi connectivity index (χ0) is 10.6. The highest BCUT2D eigenvalue weighted by Crippen LogP contribution is 2.25. The third kappa shape index (κ3) is 2.88. The smallest absolute Gasteiger partial charge is 0.329 e. The fourth-order valence-electron chi connectivity index (χ4n) is 0.962. The summed E-state index contributed by atoms with van der Waals surface area (Å²) in [4.78, 5) is 10.2. The molecule has 1 rings (SSSR count). The van der Waals surface area contributed by atoms with E-state index < -0.39 is 5.97 Å². The standard InChI is InChI=1S/C10H10BrNO2/c1-7-3-2-4-8(10(7)11)12-6-5-9(13)14/h2-6,12H,1H3,(H,13,14)/b6-5+. The van der Waals surface area contributed by atoms with Crippen LogP contribution in [0.5, 0.6) is 0 Å². The summed E-state index contributed by atoms with van der Waals surface area (Å²) in [5, 5.41) is 11.3. The van der Waals surface area contributed by atoms with E-state index in [1.807, 2.05) is 25.1 Å². The van der Waals surface area contributed by atoms with Gasteiger partial charge in [-0.2, -0.15) is 0 Å². The molecule has 0 aliphatic carbocycles. The zero-order valence-electron chi connectivity index (χ0n) is 7.62. The molecule has 0 aliphatic heterocycles. The predicted octanol–water partition coefficient (Wildman–Crippen LogP) is 2.77. The average molecular weight is 256 g/mol. The molecule has 74 valence electrons. The van der Waals surface area contributed by atoms with Gasteiger partial charge in [-0.15, -0.1) is 0 Å². The van der Waals surface area contributed by atoms with E-state index in [-0.39, 0.29) is 0 Å². The van der Waals surface area contributed by atoms with E-state index in [9.17, 15) is 4.79 Å². The predicted molar refractivity (Wildman–Crippen MR) is 59.3 cm³/mol. The second kappa shape index (κ2) is 4.81. The van der Waals surface area contributed by atoms with Crippen molar-refractivity contribution in [2.45, 2.75) is 6.92 Å². The minimum Gasteiger partial charge on any atom is -0.478 e. The summed E-state index contributed by atoms with van der Waals surface area (Å²) in [5.41, 5.74) is 1.95. The van der Waals surface area contributed by atoms with Gasteiger partial charge in [0, 0.05) is 16.7 Å². The average Bonchev–Trinajstić information content (AvgIpc) is 2.12. The molecule has 0 aromatic heterocycles. The van der Waals surface area contributed by atoms with Crippen molar-refractivity contribution < 1.29 is 9.90 Å². The Balaban J connectivity index is 2.77. The van der Waals surface area contributed by atoms with Crippen LogP contribution in [0.1, 0.15) is 5.56 Å². The molecule has 2 N–H and O–H groups in total. The number of benzene rings is 1. The number of carboxylic acid groups (broad SMARTS) is 1. The molecule has 1 aromatic carbocycles. The summed E-state index contributed by atoms with van der Waals surface area (Å²) < 4.78 is 0.940. The molecule has 0 amide bonds. The Labute approximate surface area is 90.6 Å². The number of aryl methyl sites for hydroxylation is 1. The van der Waals surface area contributed by atoms with Crippen LogP contribution in [-0.2, 0) is 4.79 Å². The molecule has 1 aromatic rings. The van der Waals surface area contributed by atoms with Gasteiger partial charge >= 0.3 is 5.97 Å². The first-order chi connectivity index (χ1) is 6.61. The second-order valence-electron chi connectivity index (χ2n) is 2.75. The Morgan fingerprint density at radius 2 is 2.29 bits per heavy atom. The van der Waals surface area contributed by atoms with Gasteiger partial charge in [0.1, 0.15) is 0 Å². The number of rotatable bonds is 3. The SMILES string of the molecule is Cc1cccc(N/C=C/C(=O)O)c1Br. The van der Waals surface area contributed by atoms with Gasteiger partial charge in [-0.25, -0.2) is 4.79 Å². The van der Waals surface area contributed by atoms with Gasteiger partial charge in [0.2, 0.25) is 0 Å². The Morgan fingerprint density at radius 3 is 2.93 bits per heavy atom. The van der Waals surface area contributed by atoms with Crippen molar-refractivity contribution in [3.8, 4) is 0 Å². The lowest BCUT2D eigenvalue weighted by atomic mass is 10.2. The molecule has 0 fully saturated rings. The van der Waals surface area contributed by atoms with Crippen LogP contribution < -0.4 is 5.32 Å². The van der Waals surface area contributed by atoms with Crippen LogP contribution >= 0.6 is 15.9 Å². The van der Waals surface area contributed by atoms with E-state index in [4.69, 9.17) is 5.11 Å². The van der Waals surface area contributed by atoms with Crippen molar-refractivity contribution in [3.63, 3.8) is 0 Å². The molecule has 0 saturated carbocycles. The van der Waals surface area contributed by atoms with Gasteiger partial charge in [-0.05, 0) is 34.5 Å². The van der Waals surface area contributed by atoms with Crippen LogP contribution in [0.25, 0.3) is 0 Å². The van der Waals surface area contributed by atoms with Gasteiger partial charge < -0.3 is 10.4 Å². The number of aliphatic carboxylic acids is 1. The molecule has 0 saturated heterocycles. The number of hydrogen-bond acceptors (Lipinski definition) is 2. The van der Waals surface area contributed by atoms with Gasteiger partial charge in [-0.3, -0.25) is 0 Å². The highest BCUT2D eigenvalue weighted by atomic mass is 79.9. The first-order valence-corrected chi connectivity index (χ1v) is 4.81. The van der Waals surface area contributed by atoms with Crippen molar-refractivity contribution in [1.82, 2.24) is 0 Å². The number of halogens is 1. The van der Waals surface area contributed by atoms with Crippen LogP contribution in [0.15, 0.2) is 34.9 Å².